The first-order valence-corrected chi connectivity index (χ1v) is 9.17. The van der Waals surface area contributed by atoms with Gasteiger partial charge in [0, 0.05) is 24.2 Å². The number of nitrogens with zero attached hydrogens (tertiary/aromatic N) is 2. The van der Waals surface area contributed by atoms with Crippen LogP contribution in [0.1, 0.15) is 18.4 Å². The lowest BCUT2D eigenvalue weighted by Crippen LogP contribution is -2.62. The van der Waals surface area contributed by atoms with Crippen molar-refractivity contribution in [1.29, 1.82) is 0 Å². The second kappa shape index (κ2) is 6.72. The number of rotatable bonds is 3. The van der Waals surface area contributed by atoms with Crippen molar-refractivity contribution < 1.29 is 14.4 Å². The standard InChI is InChI=1S/C20H19ClN2O3/c21-14-8-5-13(6-9-14)7-10-18(24)22-11-15(12-22)23-19(25)16-3-1-2-4-17(16)20(23)26/h1-2,5-10,15-17H,3-4,11-12H2/b10-7+. The number of carbonyl (C=O) groups is 3. The fourth-order valence-corrected chi connectivity index (χ4v) is 3.96. The molecule has 26 heavy (non-hydrogen) atoms. The molecule has 0 saturated carbocycles. The van der Waals surface area contributed by atoms with Gasteiger partial charge in [0.25, 0.3) is 0 Å². The molecule has 2 heterocycles. The molecule has 2 atom stereocenters. The Hall–Kier alpha value is -2.40. The molecule has 1 aromatic carbocycles. The first-order chi connectivity index (χ1) is 12.5. The molecule has 1 aromatic rings. The van der Waals surface area contributed by atoms with Crippen LogP contribution in [0.5, 0.6) is 0 Å². The molecule has 0 radical (unpaired) electrons. The number of hydrogen-bond donors (Lipinski definition) is 0. The molecule has 2 fully saturated rings. The topological polar surface area (TPSA) is 57.7 Å². The third kappa shape index (κ3) is 2.97. The highest BCUT2D eigenvalue weighted by Gasteiger charge is 2.52. The van der Waals surface area contributed by atoms with Crippen molar-refractivity contribution in [2.45, 2.75) is 18.9 Å². The molecule has 3 aliphatic rings. The second-order valence-electron chi connectivity index (χ2n) is 6.98. The molecule has 1 aliphatic carbocycles. The molecule has 3 amide bonds. The van der Waals surface area contributed by atoms with Gasteiger partial charge in [-0.25, -0.2) is 0 Å². The molecule has 134 valence electrons. The van der Waals surface area contributed by atoms with Gasteiger partial charge in [-0.2, -0.15) is 0 Å². The molecular weight excluding hydrogens is 352 g/mol. The maximum Gasteiger partial charge on any atom is 0.246 e. The highest BCUT2D eigenvalue weighted by atomic mass is 35.5. The van der Waals surface area contributed by atoms with Crippen molar-refractivity contribution in [3.8, 4) is 0 Å². The number of imide groups is 1. The van der Waals surface area contributed by atoms with Crippen LogP contribution in [0.15, 0.2) is 42.5 Å². The molecule has 2 unspecified atom stereocenters. The summed E-state index contributed by atoms with van der Waals surface area (Å²) >= 11 is 5.84. The van der Waals surface area contributed by atoms with Crippen molar-refractivity contribution in [2.75, 3.05) is 13.1 Å². The van der Waals surface area contributed by atoms with E-state index in [0.29, 0.717) is 31.0 Å². The number of halogens is 1. The Morgan fingerprint density at radius 2 is 1.58 bits per heavy atom. The molecular formula is C20H19ClN2O3. The molecule has 0 aromatic heterocycles. The highest BCUT2D eigenvalue weighted by Crippen LogP contribution is 2.37. The Morgan fingerprint density at radius 3 is 2.15 bits per heavy atom. The number of amides is 3. The molecule has 6 heteroatoms. The number of likely N-dealkylation sites (tertiary alicyclic amines) is 2. The zero-order chi connectivity index (χ0) is 18.3. The smallest absolute Gasteiger partial charge is 0.246 e. The summed E-state index contributed by atoms with van der Waals surface area (Å²) in [7, 11) is 0. The van der Waals surface area contributed by atoms with E-state index in [4.69, 9.17) is 11.6 Å². The first-order valence-electron chi connectivity index (χ1n) is 8.79. The van der Waals surface area contributed by atoms with Gasteiger partial charge in [0.2, 0.25) is 17.7 Å². The van der Waals surface area contributed by atoms with Crippen molar-refractivity contribution >= 4 is 35.4 Å². The van der Waals surface area contributed by atoms with Crippen LogP contribution in [0.3, 0.4) is 0 Å². The predicted octanol–water partition coefficient (Wildman–Crippen LogP) is 2.52. The van der Waals surface area contributed by atoms with Gasteiger partial charge in [-0.3, -0.25) is 19.3 Å². The number of allylic oxidation sites excluding steroid dienone is 2. The normalized spacial score (nSPS) is 25.7. The fraction of sp³-hybridized carbons (Fsp3) is 0.350. The lowest BCUT2D eigenvalue weighted by Gasteiger charge is -2.42. The fourth-order valence-electron chi connectivity index (χ4n) is 3.83. The van der Waals surface area contributed by atoms with Crippen LogP contribution < -0.4 is 0 Å². The zero-order valence-electron chi connectivity index (χ0n) is 14.2. The van der Waals surface area contributed by atoms with Gasteiger partial charge < -0.3 is 4.90 Å². The average Bonchev–Trinajstić information content (AvgIpc) is 2.86. The molecule has 5 nitrogen and oxygen atoms in total. The Bertz CT molecular complexity index is 783. The number of fused-ring (bicyclic) bond motifs is 1. The summed E-state index contributed by atoms with van der Waals surface area (Å²) in [4.78, 5) is 40.4. The van der Waals surface area contributed by atoms with E-state index in [1.54, 1.807) is 23.1 Å². The first kappa shape index (κ1) is 17.0. The molecule has 0 bridgehead atoms. The van der Waals surface area contributed by atoms with E-state index < -0.39 is 0 Å². The Kier molecular flexibility index (Phi) is 4.41. The lowest BCUT2D eigenvalue weighted by molar-refractivity contribution is -0.151. The van der Waals surface area contributed by atoms with Gasteiger partial charge in [-0.05, 0) is 36.6 Å². The van der Waals surface area contributed by atoms with Crippen molar-refractivity contribution in [2.24, 2.45) is 11.8 Å². The summed E-state index contributed by atoms with van der Waals surface area (Å²) in [5, 5.41) is 0.648. The maximum absolute atomic E-state index is 12.5. The third-order valence-corrected chi connectivity index (χ3v) is 5.62. The Labute approximate surface area is 156 Å². The van der Waals surface area contributed by atoms with Gasteiger partial charge in [0.15, 0.2) is 0 Å². The van der Waals surface area contributed by atoms with Crippen LogP contribution in [0, 0.1) is 11.8 Å². The van der Waals surface area contributed by atoms with Gasteiger partial charge in [0.05, 0.1) is 17.9 Å². The summed E-state index contributed by atoms with van der Waals surface area (Å²) in [5.41, 5.74) is 0.890. The number of hydrogen-bond acceptors (Lipinski definition) is 3. The van der Waals surface area contributed by atoms with Crippen molar-refractivity contribution in [3.63, 3.8) is 0 Å². The molecule has 2 saturated heterocycles. The Morgan fingerprint density at radius 1 is 1.00 bits per heavy atom. The van der Waals surface area contributed by atoms with Crippen molar-refractivity contribution in [1.82, 2.24) is 9.80 Å². The minimum absolute atomic E-state index is 0.0712. The van der Waals surface area contributed by atoms with Gasteiger partial charge in [0.1, 0.15) is 0 Å². The Balaban J connectivity index is 1.35. The van der Waals surface area contributed by atoms with Crippen molar-refractivity contribution in [3.05, 3.63) is 53.1 Å². The number of carbonyl (C=O) groups excluding carboxylic acids is 3. The lowest BCUT2D eigenvalue weighted by atomic mass is 9.85. The molecule has 0 N–H and O–H groups in total. The SMILES string of the molecule is O=C(/C=C/c1ccc(Cl)cc1)N1CC(N2C(=O)C3CC=CCC3C2=O)C1. The quantitative estimate of drug-likeness (QED) is 0.466. The van der Waals surface area contributed by atoms with Crippen LogP contribution in [-0.4, -0.2) is 46.7 Å². The second-order valence-corrected chi connectivity index (χ2v) is 7.42. The average molecular weight is 371 g/mol. The molecule has 0 spiro atoms. The summed E-state index contributed by atoms with van der Waals surface area (Å²) in [6.07, 6.45) is 8.49. The summed E-state index contributed by atoms with van der Waals surface area (Å²) in [6.45, 7) is 0.822. The maximum atomic E-state index is 12.5. The van der Waals surface area contributed by atoms with Crippen LogP contribution in [0.2, 0.25) is 5.02 Å². The van der Waals surface area contributed by atoms with Gasteiger partial charge in [-0.15, -0.1) is 0 Å². The van der Waals surface area contributed by atoms with E-state index in [1.165, 1.54) is 11.0 Å². The summed E-state index contributed by atoms with van der Waals surface area (Å²) in [6, 6.07) is 7.02. The summed E-state index contributed by atoms with van der Waals surface area (Å²) in [5.74, 6) is -0.671. The van der Waals surface area contributed by atoms with Gasteiger partial charge >= 0.3 is 0 Å². The van der Waals surface area contributed by atoms with Gasteiger partial charge in [-0.1, -0.05) is 35.9 Å². The van der Waals surface area contributed by atoms with E-state index >= 15 is 0 Å². The predicted molar refractivity (Wildman–Crippen MR) is 98.1 cm³/mol. The monoisotopic (exact) mass is 370 g/mol. The zero-order valence-corrected chi connectivity index (χ0v) is 14.9. The number of benzene rings is 1. The highest BCUT2D eigenvalue weighted by molar-refractivity contribution is 6.30. The van der Waals surface area contributed by atoms with E-state index in [1.807, 2.05) is 24.3 Å². The van der Waals surface area contributed by atoms with E-state index in [2.05, 4.69) is 0 Å². The third-order valence-electron chi connectivity index (χ3n) is 5.37. The van der Waals surface area contributed by atoms with Crippen LogP contribution in [0.25, 0.3) is 6.08 Å². The molecule has 4 rings (SSSR count). The minimum atomic E-state index is -0.206. The van der Waals surface area contributed by atoms with E-state index in [-0.39, 0.29) is 35.6 Å². The summed E-state index contributed by atoms with van der Waals surface area (Å²) < 4.78 is 0. The minimum Gasteiger partial charge on any atom is -0.335 e. The van der Waals surface area contributed by atoms with Crippen LogP contribution in [-0.2, 0) is 14.4 Å². The van der Waals surface area contributed by atoms with E-state index in [9.17, 15) is 14.4 Å². The van der Waals surface area contributed by atoms with Crippen LogP contribution in [0.4, 0.5) is 0 Å². The largest absolute Gasteiger partial charge is 0.335 e. The van der Waals surface area contributed by atoms with E-state index in [0.717, 1.165) is 5.56 Å². The molecule has 2 aliphatic heterocycles. The van der Waals surface area contributed by atoms with Crippen LogP contribution >= 0.6 is 11.6 Å².